The van der Waals surface area contributed by atoms with E-state index < -0.39 is 0 Å². The summed E-state index contributed by atoms with van der Waals surface area (Å²) >= 11 is 0. The molecule has 1 rings (SSSR count). The van der Waals surface area contributed by atoms with Crippen molar-refractivity contribution in [1.29, 1.82) is 0 Å². The lowest BCUT2D eigenvalue weighted by Gasteiger charge is -2.09. The maximum Gasteiger partial charge on any atom is 0.160 e. The Morgan fingerprint density at radius 1 is 1.07 bits per heavy atom. The van der Waals surface area contributed by atoms with E-state index in [4.69, 9.17) is 9.47 Å². The van der Waals surface area contributed by atoms with Gasteiger partial charge < -0.3 is 9.47 Å². The highest BCUT2D eigenvalue weighted by Gasteiger charge is 1.99. The predicted octanol–water partition coefficient (Wildman–Crippen LogP) is 2.79. The van der Waals surface area contributed by atoms with Crippen LogP contribution in [0.1, 0.15) is 12.0 Å². The van der Waals surface area contributed by atoms with Gasteiger partial charge in [0.25, 0.3) is 0 Å². The molecule has 0 radical (unpaired) electrons. The fourth-order valence-corrected chi connectivity index (χ4v) is 1.33. The standard InChI is InChI=1S/C13H18O2/c1-14-13(15-2)11-7-6-10-12-8-4-3-5-9-12/h3-9,13H,10-11H2,1-2H3/b7-6-. The molecule has 0 aromatic heterocycles. The molecular weight excluding hydrogens is 188 g/mol. The summed E-state index contributed by atoms with van der Waals surface area (Å²) in [7, 11) is 3.30. The van der Waals surface area contributed by atoms with Crippen LogP contribution in [0.5, 0.6) is 0 Å². The first-order chi connectivity index (χ1) is 7.36. The van der Waals surface area contributed by atoms with Gasteiger partial charge in [-0.2, -0.15) is 0 Å². The predicted molar refractivity (Wildman–Crippen MR) is 61.7 cm³/mol. The lowest BCUT2D eigenvalue weighted by atomic mass is 10.1. The van der Waals surface area contributed by atoms with Crippen LogP contribution in [0.25, 0.3) is 0 Å². The fraction of sp³-hybridized carbons (Fsp3) is 0.385. The number of allylic oxidation sites excluding steroid dienone is 1. The Bertz CT molecular complexity index is 276. The van der Waals surface area contributed by atoms with Crippen LogP contribution >= 0.6 is 0 Å². The van der Waals surface area contributed by atoms with Gasteiger partial charge >= 0.3 is 0 Å². The van der Waals surface area contributed by atoms with Crippen molar-refractivity contribution < 1.29 is 9.47 Å². The second-order valence-corrected chi connectivity index (χ2v) is 3.30. The van der Waals surface area contributed by atoms with Gasteiger partial charge in [0.2, 0.25) is 0 Å². The first-order valence-electron chi connectivity index (χ1n) is 5.11. The molecule has 1 aromatic rings. The van der Waals surface area contributed by atoms with Crippen LogP contribution in [0.15, 0.2) is 42.5 Å². The smallest absolute Gasteiger partial charge is 0.160 e. The van der Waals surface area contributed by atoms with E-state index in [-0.39, 0.29) is 6.29 Å². The van der Waals surface area contributed by atoms with Crippen molar-refractivity contribution in [1.82, 2.24) is 0 Å². The molecule has 0 saturated heterocycles. The molecule has 0 aliphatic rings. The van der Waals surface area contributed by atoms with E-state index in [1.165, 1.54) is 5.56 Å². The maximum absolute atomic E-state index is 5.08. The lowest BCUT2D eigenvalue weighted by molar-refractivity contribution is -0.0986. The van der Waals surface area contributed by atoms with E-state index in [9.17, 15) is 0 Å². The minimum Gasteiger partial charge on any atom is -0.356 e. The molecule has 1 aromatic carbocycles. The third-order valence-electron chi connectivity index (χ3n) is 2.22. The van der Waals surface area contributed by atoms with E-state index in [1.807, 2.05) is 6.07 Å². The van der Waals surface area contributed by atoms with Gasteiger partial charge in [-0.3, -0.25) is 0 Å². The van der Waals surface area contributed by atoms with Crippen LogP contribution < -0.4 is 0 Å². The Morgan fingerprint density at radius 2 is 1.73 bits per heavy atom. The fourth-order valence-electron chi connectivity index (χ4n) is 1.33. The molecule has 0 fully saturated rings. The topological polar surface area (TPSA) is 18.5 Å². The van der Waals surface area contributed by atoms with Crippen molar-refractivity contribution in [2.75, 3.05) is 14.2 Å². The van der Waals surface area contributed by atoms with Crippen molar-refractivity contribution in [3.63, 3.8) is 0 Å². The minimum absolute atomic E-state index is 0.128. The van der Waals surface area contributed by atoms with E-state index >= 15 is 0 Å². The van der Waals surface area contributed by atoms with Gasteiger partial charge in [0.1, 0.15) is 0 Å². The Morgan fingerprint density at radius 3 is 2.33 bits per heavy atom. The quantitative estimate of drug-likeness (QED) is 0.526. The summed E-state index contributed by atoms with van der Waals surface area (Å²) < 4.78 is 10.2. The van der Waals surface area contributed by atoms with Crippen molar-refractivity contribution >= 4 is 0 Å². The highest BCUT2D eigenvalue weighted by molar-refractivity contribution is 5.17. The number of ether oxygens (including phenoxy) is 2. The molecule has 0 atom stereocenters. The Balaban J connectivity index is 2.28. The van der Waals surface area contributed by atoms with Gasteiger partial charge in [-0.1, -0.05) is 42.5 Å². The zero-order chi connectivity index (χ0) is 10.9. The van der Waals surface area contributed by atoms with Gasteiger partial charge in [-0.05, 0) is 12.0 Å². The summed E-state index contributed by atoms with van der Waals surface area (Å²) in [4.78, 5) is 0. The molecule has 0 heterocycles. The minimum atomic E-state index is -0.128. The molecule has 0 bridgehead atoms. The number of hydrogen-bond acceptors (Lipinski definition) is 2. The van der Waals surface area contributed by atoms with E-state index in [0.717, 1.165) is 12.8 Å². The normalized spacial score (nSPS) is 11.4. The Kier molecular flexibility index (Phi) is 5.74. The van der Waals surface area contributed by atoms with Crippen LogP contribution in [-0.2, 0) is 15.9 Å². The SMILES string of the molecule is COC(C/C=C\Cc1ccccc1)OC. The molecule has 0 unspecified atom stereocenters. The number of rotatable bonds is 6. The lowest BCUT2D eigenvalue weighted by Crippen LogP contribution is -2.10. The second-order valence-electron chi connectivity index (χ2n) is 3.30. The molecule has 82 valence electrons. The summed E-state index contributed by atoms with van der Waals surface area (Å²) in [6.07, 6.45) is 5.85. The van der Waals surface area contributed by atoms with Crippen LogP contribution in [-0.4, -0.2) is 20.5 Å². The van der Waals surface area contributed by atoms with E-state index in [1.54, 1.807) is 14.2 Å². The monoisotopic (exact) mass is 206 g/mol. The summed E-state index contributed by atoms with van der Waals surface area (Å²) in [5, 5.41) is 0. The zero-order valence-electron chi connectivity index (χ0n) is 9.35. The van der Waals surface area contributed by atoms with Crippen LogP contribution in [0.3, 0.4) is 0 Å². The Hall–Kier alpha value is -1.12. The van der Waals surface area contributed by atoms with Gasteiger partial charge in [-0.15, -0.1) is 0 Å². The maximum atomic E-state index is 5.08. The molecular formula is C13H18O2. The van der Waals surface area contributed by atoms with E-state index in [2.05, 4.69) is 36.4 Å². The van der Waals surface area contributed by atoms with Gasteiger partial charge in [0.05, 0.1) is 0 Å². The van der Waals surface area contributed by atoms with Crippen molar-refractivity contribution in [2.24, 2.45) is 0 Å². The summed E-state index contributed by atoms with van der Waals surface area (Å²) in [5.74, 6) is 0. The molecule has 0 saturated carbocycles. The molecule has 2 heteroatoms. The average Bonchev–Trinajstić information content (AvgIpc) is 2.31. The third kappa shape index (κ3) is 4.77. The summed E-state index contributed by atoms with van der Waals surface area (Å²) in [6, 6.07) is 10.4. The zero-order valence-corrected chi connectivity index (χ0v) is 9.35. The summed E-state index contributed by atoms with van der Waals surface area (Å²) in [6.45, 7) is 0. The highest BCUT2D eigenvalue weighted by Crippen LogP contribution is 2.03. The first kappa shape index (κ1) is 12.0. The molecule has 0 aliphatic carbocycles. The Labute approximate surface area is 91.5 Å². The summed E-state index contributed by atoms with van der Waals surface area (Å²) in [5.41, 5.74) is 1.32. The van der Waals surface area contributed by atoms with Gasteiger partial charge in [-0.25, -0.2) is 0 Å². The molecule has 0 N–H and O–H groups in total. The van der Waals surface area contributed by atoms with Gasteiger partial charge in [0.15, 0.2) is 6.29 Å². The molecule has 15 heavy (non-hydrogen) atoms. The largest absolute Gasteiger partial charge is 0.356 e. The third-order valence-corrected chi connectivity index (χ3v) is 2.22. The number of hydrogen-bond donors (Lipinski definition) is 0. The van der Waals surface area contributed by atoms with Gasteiger partial charge in [0, 0.05) is 20.6 Å². The molecule has 0 aliphatic heterocycles. The van der Waals surface area contributed by atoms with Crippen LogP contribution in [0.4, 0.5) is 0 Å². The van der Waals surface area contributed by atoms with E-state index in [0.29, 0.717) is 0 Å². The van der Waals surface area contributed by atoms with Crippen molar-refractivity contribution in [2.45, 2.75) is 19.1 Å². The highest BCUT2D eigenvalue weighted by atomic mass is 16.7. The van der Waals surface area contributed by atoms with Crippen molar-refractivity contribution in [3.05, 3.63) is 48.0 Å². The van der Waals surface area contributed by atoms with Crippen LogP contribution in [0, 0.1) is 0 Å². The molecule has 0 spiro atoms. The first-order valence-corrected chi connectivity index (χ1v) is 5.11. The number of methoxy groups -OCH3 is 2. The molecule has 2 nitrogen and oxygen atoms in total. The second kappa shape index (κ2) is 7.21. The average molecular weight is 206 g/mol. The van der Waals surface area contributed by atoms with Crippen molar-refractivity contribution in [3.8, 4) is 0 Å². The van der Waals surface area contributed by atoms with Crippen LogP contribution in [0.2, 0.25) is 0 Å². The number of benzene rings is 1. The molecule has 0 amide bonds.